The van der Waals surface area contributed by atoms with Gasteiger partial charge in [-0.25, -0.2) is 0 Å². The SMILES string of the molecule is C=C(C1=C(C(=O)Nc2ccccc2)C1)c1cc(C(C)(C)C)on1. The molecule has 1 aliphatic rings. The fourth-order valence-corrected chi connectivity index (χ4v) is 2.29. The van der Waals surface area contributed by atoms with Crippen molar-refractivity contribution in [2.75, 3.05) is 5.32 Å². The quantitative estimate of drug-likeness (QED) is 0.915. The third kappa shape index (κ3) is 3.26. The van der Waals surface area contributed by atoms with Gasteiger partial charge in [-0.2, -0.15) is 0 Å². The first-order valence-corrected chi connectivity index (χ1v) is 7.61. The molecule has 0 fully saturated rings. The molecule has 23 heavy (non-hydrogen) atoms. The van der Waals surface area contributed by atoms with Crippen LogP contribution in [0.3, 0.4) is 0 Å². The van der Waals surface area contributed by atoms with Crippen molar-refractivity contribution in [3.8, 4) is 0 Å². The van der Waals surface area contributed by atoms with E-state index in [9.17, 15) is 4.79 Å². The van der Waals surface area contributed by atoms with Gasteiger partial charge in [0.15, 0.2) is 0 Å². The van der Waals surface area contributed by atoms with E-state index >= 15 is 0 Å². The van der Waals surface area contributed by atoms with Gasteiger partial charge in [0.25, 0.3) is 5.91 Å². The van der Waals surface area contributed by atoms with Crippen molar-refractivity contribution in [3.05, 3.63) is 65.6 Å². The highest BCUT2D eigenvalue weighted by atomic mass is 16.5. The lowest BCUT2D eigenvalue weighted by Gasteiger charge is -2.12. The third-order valence-corrected chi connectivity index (χ3v) is 3.82. The highest BCUT2D eigenvalue weighted by Gasteiger charge is 2.32. The van der Waals surface area contributed by atoms with Gasteiger partial charge in [0, 0.05) is 34.7 Å². The van der Waals surface area contributed by atoms with Crippen LogP contribution in [0.15, 0.2) is 58.6 Å². The van der Waals surface area contributed by atoms with E-state index in [1.165, 1.54) is 0 Å². The predicted molar refractivity (Wildman–Crippen MR) is 91.0 cm³/mol. The summed E-state index contributed by atoms with van der Waals surface area (Å²) in [4.78, 5) is 12.2. The Balaban J connectivity index is 1.72. The van der Waals surface area contributed by atoms with Gasteiger partial charge in [0.2, 0.25) is 0 Å². The highest BCUT2D eigenvalue weighted by Crippen LogP contribution is 2.41. The van der Waals surface area contributed by atoms with Crippen molar-refractivity contribution in [1.29, 1.82) is 0 Å². The first kappa shape index (κ1) is 15.3. The second kappa shape index (κ2) is 5.54. The first-order valence-electron chi connectivity index (χ1n) is 7.61. The fourth-order valence-electron chi connectivity index (χ4n) is 2.29. The van der Waals surface area contributed by atoms with Gasteiger partial charge in [0.05, 0.1) is 0 Å². The summed E-state index contributed by atoms with van der Waals surface area (Å²) >= 11 is 0. The number of anilines is 1. The number of carbonyl (C=O) groups is 1. The predicted octanol–water partition coefficient (Wildman–Crippen LogP) is 4.32. The van der Waals surface area contributed by atoms with Crippen LogP contribution in [0.5, 0.6) is 0 Å². The Morgan fingerprint density at radius 2 is 1.91 bits per heavy atom. The van der Waals surface area contributed by atoms with Crippen LogP contribution in [0.1, 0.15) is 38.6 Å². The fraction of sp³-hybridized carbons (Fsp3) is 0.263. The van der Waals surface area contributed by atoms with Gasteiger partial charge < -0.3 is 9.84 Å². The summed E-state index contributed by atoms with van der Waals surface area (Å²) < 4.78 is 5.39. The van der Waals surface area contributed by atoms with E-state index in [-0.39, 0.29) is 11.3 Å². The smallest absolute Gasteiger partial charge is 0.252 e. The van der Waals surface area contributed by atoms with Crippen LogP contribution < -0.4 is 5.32 Å². The Morgan fingerprint density at radius 1 is 1.22 bits per heavy atom. The van der Waals surface area contributed by atoms with Crippen LogP contribution in [-0.2, 0) is 10.2 Å². The summed E-state index contributed by atoms with van der Waals surface area (Å²) in [6, 6.07) is 11.3. The molecule has 1 N–H and O–H groups in total. The number of aromatic nitrogens is 1. The molecular weight excluding hydrogens is 288 g/mol. The molecular formula is C19H20N2O2. The van der Waals surface area contributed by atoms with E-state index < -0.39 is 0 Å². The molecule has 0 saturated carbocycles. The average molecular weight is 308 g/mol. The van der Waals surface area contributed by atoms with E-state index in [0.29, 0.717) is 12.1 Å². The van der Waals surface area contributed by atoms with Crippen molar-refractivity contribution >= 4 is 17.2 Å². The number of nitrogens with zero attached hydrogens (tertiary/aromatic N) is 1. The minimum Gasteiger partial charge on any atom is -0.360 e. The van der Waals surface area contributed by atoms with Gasteiger partial charge in [-0.15, -0.1) is 0 Å². The number of rotatable bonds is 4. The number of hydrogen-bond acceptors (Lipinski definition) is 3. The van der Waals surface area contributed by atoms with Gasteiger partial charge in [0.1, 0.15) is 11.5 Å². The minimum atomic E-state index is -0.100. The van der Waals surface area contributed by atoms with Gasteiger partial charge in [-0.3, -0.25) is 4.79 Å². The molecule has 0 radical (unpaired) electrons. The Morgan fingerprint density at radius 3 is 2.52 bits per heavy atom. The van der Waals surface area contributed by atoms with Crippen LogP contribution in [0.25, 0.3) is 5.57 Å². The van der Waals surface area contributed by atoms with E-state index in [1.54, 1.807) is 0 Å². The summed E-state index contributed by atoms with van der Waals surface area (Å²) in [5.74, 6) is 0.733. The van der Waals surface area contributed by atoms with Crippen molar-refractivity contribution in [1.82, 2.24) is 5.16 Å². The number of carbonyl (C=O) groups excluding carboxylic acids is 1. The molecule has 1 amide bonds. The number of hydrogen-bond donors (Lipinski definition) is 1. The molecule has 1 aromatic heterocycles. The molecule has 0 saturated heterocycles. The summed E-state index contributed by atoms with van der Waals surface area (Å²) in [5.41, 5.74) is 3.87. The second-order valence-corrected chi connectivity index (χ2v) is 6.76. The number of para-hydroxylation sites is 1. The van der Waals surface area contributed by atoms with E-state index in [1.807, 2.05) is 36.4 Å². The van der Waals surface area contributed by atoms with E-state index in [4.69, 9.17) is 4.52 Å². The lowest BCUT2D eigenvalue weighted by atomic mass is 9.93. The number of allylic oxidation sites excluding steroid dienone is 2. The molecule has 0 bridgehead atoms. The molecule has 0 aliphatic heterocycles. The van der Waals surface area contributed by atoms with Crippen LogP contribution in [0, 0.1) is 0 Å². The van der Waals surface area contributed by atoms with Crippen LogP contribution in [0.4, 0.5) is 5.69 Å². The molecule has 1 aliphatic carbocycles. The monoisotopic (exact) mass is 308 g/mol. The zero-order chi connectivity index (χ0) is 16.6. The Hall–Kier alpha value is -2.62. The lowest BCUT2D eigenvalue weighted by Crippen LogP contribution is -2.09. The normalized spacial score (nSPS) is 13.9. The molecule has 4 nitrogen and oxygen atoms in total. The molecule has 4 heteroatoms. The maximum Gasteiger partial charge on any atom is 0.252 e. The molecule has 2 aromatic rings. The first-order chi connectivity index (χ1) is 10.9. The van der Waals surface area contributed by atoms with Crippen molar-refractivity contribution in [2.45, 2.75) is 32.6 Å². The molecule has 0 spiro atoms. The standard InChI is InChI=1S/C19H20N2O2/c1-12(16-11-17(23-21-16)19(2,3)4)14-10-15(14)18(22)20-13-8-6-5-7-9-13/h5-9,11H,1,10H2,2-4H3,(H,20,22). The number of benzene rings is 1. The number of nitrogens with one attached hydrogen (secondary N) is 1. The van der Waals surface area contributed by atoms with Gasteiger partial charge in [-0.1, -0.05) is 50.7 Å². The zero-order valence-corrected chi connectivity index (χ0v) is 13.6. The van der Waals surface area contributed by atoms with Crippen LogP contribution >= 0.6 is 0 Å². The molecule has 0 atom stereocenters. The minimum absolute atomic E-state index is 0.0770. The topological polar surface area (TPSA) is 55.1 Å². The average Bonchev–Trinajstić information content (AvgIpc) is 3.14. The maximum atomic E-state index is 12.2. The van der Waals surface area contributed by atoms with Gasteiger partial charge in [-0.05, 0) is 17.7 Å². The summed E-state index contributed by atoms with van der Waals surface area (Å²) in [5, 5.41) is 6.97. The summed E-state index contributed by atoms with van der Waals surface area (Å²) in [6.45, 7) is 10.3. The lowest BCUT2D eigenvalue weighted by molar-refractivity contribution is -0.112. The van der Waals surface area contributed by atoms with Crippen molar-refractivity contribution < 1.29 is 9.32 Å². The third-order valence-electron chi connectivity index (χ3n) is 3.82. The largest absolute Gasteiger partial charge is 0.360 e. The molecule has 118 valence electrons. The Bertz CT molecular complexity index is 792. The van der Waals surface area contributed by atoms with Crippen molar-refractivity contribution in [3.63, 3.8) is 0 Å². The molecule has 3 rings (SSSR count). The zero-order valence-electron chi connectivity index (χ0n) is 13.6. The Labute approximate surface area is 135 Å². The second-order valence-electron chi connectivity index (χ2n) is 6.76. The van der Waals surface area contributed by atoms with E-state index in [0.717, 1.165) is 28.2 Å². The van der Waals surface area contributed by atoms with Crippen molar-refractivity contribution in [2.24, 2.45) is 0 Å². The highest BCUT2D eigenvalue weighted by molar-refractivity contribution is 6.11. The summed E-state index contributed by atoms with van der Waals surface area (Å²) in [7, 11) is 0. The Kier molecular flexibility index (Phi) is 3.68. The molecule has 0 unspecified atom stereocenters. The van der Waals surface area contributed by atoms with Crippen LogP contribution in [-0.4, -0.2) is 11.1 Å². The van der Waals surface area contributed by atoms with E-state index in [2.05, 4.69) is 37.8 Å². The maximum absolute atomic E-state index is 12.2. The van der Waals surface area contributed by atoms with Gasteiger partial charge >= 0.3 is 0 Å². The number of amides is 1. The summed E-state index contributed by atoms with van der Waals surface area (Å²) in [6.07, 6.45) is 0.648. The van der Waals surface area contributed by atoms with Crippen LogP contribution in [0.2, 0.25) is 0 Å². The molecule has 1 aromatic carbocycles. The molecule has 1 heterocycles.